The fraction of sp³-hybridized carbons (Fsp3) is 0.455. The van der Waals surface area contributed by atoms with Gasteiger partial charge in [0.2, 0.25) is 0 Å². The number of rotatable bonds is 2. The molecule has 1 atom stereocenters. The SMILES string of the molecule is Cn1c(C(=O)N2CCCC2C(=O)O)cc(Cl)c1Cl. The van der Waals surface area contributed by atoms with Crippen LogP contribution < -0.4 is 0 Å². The van der Waals surface area contributed by atoms with Crippen molar-refractivity contribution in [3.8, 4) is 0 Å². The molecule has 1 saturated heterocycles. The van der Waals surface area contributed by atoms with Crippen molar-refractivity contribution in [1.82, 2.24) is 9.47 Å². The van der Waals surface area contributed by atoms with E-state index in [1.165, 1.54) is 15.5 Å². The molecule has 1 aliphatic rings. The van der Waals surface area contributed by atoms with Crippen LogP contribution in [0.3, 0.4) is 0 Å². The number of amides is 1. The quantitative estimate of drug-likeness (QED) is 0.906. The Kier molecular flexibility index (Phi) is 3.54. The van der Waals surface area contributed by atoms with E-state index in [1.54, 1.807) is 7.05 Å². The number of nitrogens with zero attached hydrogens (tertiary/aromatic N) is 2. The molecule has 18 heavy (non-hydrogen) atoms. The van der Waals surface area contributed by atoms with Crippen LogP contribution in [0.2, 0.25) is 10.2 Å². The number of carbonyl (C=O) groups is 2. The van der Waals surface area contributed by atoms with Crippen LogP contribution in [0.15, 0.2) is 6.07 Å². The van der Waals surface area contributed by atoms with Gasteiger partial charge in [0.25, 0.3) is 5.91 Å². The summed E-state index contributed by atoms with van der Waals surface area (Å²) in [4.78, 5) is 24.7. The number of carboxylic acid groups (broad SMARTS) is 1. The minimum Gasteiger partial charge on any atom is -0.480 e. The van der Waals surface area contributed by atoms with Gasteiger partial charge in [-0.1, -0.05) is 23.2 Å². The molecule has 1 fully saturated rings. The van der Waals surface area contributed by atoms with Crippen LogP contribution >= 0.6 is 23.2 Å². The molecule has 1 aromatic heterocycles. The average molecular weight is 291 g/mol. The molecule has 98 valence electrons. The van der Waals surface area contributed by atoms with Gasteiger partial charge in [-0.3, -0.25) is 4.79 Å². The smallest absolute Gasteiger partial charge is 0.326 e. The van der Waals surface area contributed by atoms with E-state index < -0.39 is 12.0 Å². The van der Waals surface area contributed by atoms with Crippen molar-refractivity contribution in [1.29, 1.82) is 0 Å². The third-order valence-electron chi connectivity index (χ3n) is 3.13. The Bertz CT molecular complexity index is 513. The number of halogens is 2. The third kappa shape index (κ3) is 2.08. The number of aromatic nitrogens is 1. The summed E-state index contributed by atoms with van der Waals surface area (Å²) in [5.41, 5.74) is 0.304. The normalized spacial score (nSPS) is 19.3. The average Bonchev–Trinajstić information content (AvgIpc) is 2.89. The molecular weight excluding hydrogens is 279 g/mol. The van der Waals surface area contributed by atoms with E-state index in [0.717, 1.165) is 0 Å². The monoisotopic (exact) mass is 290 g/mol. The number of carboxylic acids is 1. The molecule has 0 aromatic carbocycles. The number of likely N-dealkylation sites (tertiary alicyclic amines) is 1. The Balaban J connectivity index is 2.31. The molecule has 0 bridgehead atoms. The second kappa shape index (κ2) is 4.82. The van der Waals surface area contributed by atoms with Gasteiger partial charge in [0, 0.05) is 13.6 Å². The van der Waals surface area contributed by atoms with Crippen LogP contribution in [0.5, 0.6) is 0 Å². The highest BCUT2D eigenvalue weighted by molar-refractivity contribution is 6.41. The Morgan fingerprint density at radius 1 is 1.44 bits per heavy atom. The molecule has 1 amide bonds. The molecule has 0 radical (unpaired) electrons. The molecule has 1 aromatic rings. The molecule has 2 heterocycles. The standard InChI is InChI=1S/C11H12Cl2N2O3/c1-14-8(5-6(12)9(14)13)10(16)15-4-2-3-7(15)11(17)18/h5,7H,2-4H2,1H3,(H,17,18). The van der Waals surface area contributed by atoms with Gasteiger partial charge in [0.15, 0.2) is 0 Å². The lowest BCUT2D eigenvalue weighted by Gasteiger charge is -2.21. The van der Waals surface area contributed by atoms with E-state index in [4.69, 9.17) is 28.3 Å². The van der Waals surface area contributed by atoms with Crippen molar-refractivity contribution >= 4 is 35.1 Å². The Morgan fingerprint density at radius 2 is 2.11 bits per heavy atom. The Hall–Kier alpha value is -1.20. The van der Waals surface area contributed by atoms with Crippen LogP contribution in [0.1, 0.15) is 23.3 Å². The Labute approximate surface area is 114 Å². The number of hydrogen-bond acceptors (Lipinski definition) is 2. The molecule has 1 N–H and O–H groups in total. The number of hydrogen-bond donors (Lipinski definition) is 1. The maximum atomic E-state index is 12.3. The lowest BCUT2D eigenvalue weighted by molar-refractivity contribution is -0.141. The first-order valence-corrected chi connectivity index (χ1v) is 6.23. The van der Waals surface area contributed by atoms with Gasteiger partial charge in [-0.2, -0.15) is 0 Å². The van der Waals surface area contributed by atoms with Crippen LogP contribution in [0.25, 0.3) is 0 Å². The van der Waals surface area contributed by atoms with Crippen molar-refractivity contribution in [2.75, 3.05) is 6.54 Å². The van der Waals surface area contributed by atoms with Crippen molar-refractivity contribution in [2.24, 2.45) is 7.05 Å². The zero-order valence-corrected chi connectivity index (χ0v) is 11.2. The van der Waals surface area contributed by atoms with Gasteiger partial charge < -0.3 is 14.6 Å². The second-order valence-corrected chi connectivity index (χ2v) is 4.99. The predicted molar refractivity (Wildman–Crippen MR) is 67.1 cm³/mol. The molecule has 1 aliphatic heterocycles. The molecule has 0 saturated carbocycles. The maximum Gasteiger partial charge on any atom is 0.326 e. The molecule has 0 spiro atoms. The highest BCUT2D eigenvalue weighted by Gasteiger charge is 2.35. The zero-order valence-electron chi connectivity index (χ0n) is 9.69. The van der Waals surface area contributed by atoms with Crippen LogP contribution in [-0.2, 0) is 11.8 Å². The highest BCUT2D eigenvalue weighted by Crippen LogP contribution is 2.28. The second-order valence-electron chi connectivity index (χ2n) is 4.22. The molecule has 0 aliphatic carbocycles. The largest absolute Gasteiger partial charge is 0.480 e. The summed E-state index contributed by atoms with van der Waals surface area (Å²) in [6.07, 6.45) is 1.17. The summed E-state index contributed by atoms with van der Waals surface area (Å²) >= 11 is 11.7. The van der Waals surface area contributed by atoms with Crippen molar-refractivity contribution in [3.05, 3.63) is 21.9 Å². The maximum absolute atomic E-state index is 12.3. The van der Waals surface area contributed by atoms with Crippen LogP contribution in [0.4, 0.5) is 0 Å². The van der Waals surface area contributed by atoms with E-state index in [2.05, 4.69) is 0 Å². The fourth-order valence-corrected chi connectivity index (χ4v) is 2.54. The summed E-state index contributed by atoms with van der Waals surface area (Å²) in [6.45, 7) is 0.441. The topological polar surface area (TPSA) is 62.5 Å². The first-order chi connectivity index (χ1) is 8.43. The van der Waals surface area contributed by atoms with Crippen molar-refractivity contribution < 1.29 is 14.7 Å². The van der Waals surface area contributed by atoms with Crippen molar-refractivity contribution in [3.63, 3.8) is 0 Å². The summed E-state index contributed by atoms with van der Waals surface area (Å²) in [5, 5.41) is 9.61. The lowest BCUT2D eigenvalue weighted by atomic mass is 10.2. The molecule has 7 heteroatoms. The van der Waals surface area contributed by atoms with E-state index in [1.807, 2.05) is 0 Å². The summed E-state index contributed by atoms with van der Waals surface area (Å²) in [6, 6.07) is 0.702. The Morgan fingerprint density at radius 3 is 2.61 bits per heavy atom. The highest BCUT2D eigenvalue weighted by atomic mass is 35.5. The number of aliphatic carboxylic acids is 1. The van der Waals surface area contributed by atoms with E-state index >= 15 is 0 Å². The van der Waals surface area contributed by atoms with Crippen LogP contribution in [0, 0.1) is 0 Å². The predicted octanol–water partition coefficient (Wildman–Crippen LogP) is 2.02. The molecule has 2 rings (SSSR count). The summed E-state index contributed by atoms with van der Waals surface area (Å²) in [7, 11) is 1.62. The molecular formula is C11H12Cl2N2O3. The summed E-state index contributed by atoms with van der Waals surface area (Å²) < 4.78 is 1.46. The van der Waals surface area contributed by atoms with Gasteiger partial charge in [-0.25, -0.2) is 4.79 Å². The van der Waals surface area contributed by atoms with E-state index in [-0.39, 0.29) is 16.1 Å². The van der Waals surface area contributed by atoms with E-state index in [0.29, 0.717) is 25.1 Å². The zero-order chi connectivity index (χ0) is 13.4. The minimum absolute atomic E-state index is 0.270. The number of carbonyl (C=O) groups excluding carboxylic acids is 1. The first kappa shape index (κ1) is 13.2. The first-order valence-electron chi connectivity index (χ1n) is 5.48. The molecule has 5 nitrogen and oxygen atoms in total. The fourth-order valence-electron chi connectivity index (χ4n) is 2.16. The van der Waals surface area contributed by atoms with Crippen LogP contribution in [-0.4, -0.2) is 39.0 Å². The van der Waals surface area contributed by atoms with E-state index in [9.17, 15) is 9.59 Å². The molecule has 1 unspecified atom stereocenters. The summed E-state index contributed by atoms with van der Waals surface area (Å²) in [5.74, 6) is -1.33. The van der Waals surface area contributed by atoms with Gasteiger partial charge in [-0.05, 0) is 18.9 Å². The van der Waals surface area contributed by atoms with Crippen molar-refractivity contribution in [2.45, 2.75) is 18.9 Å². The lowest BCUT2D eigenvalue weighted by Crippen LogP contribution is -2.41. The van der Waals surface area contributed by atoms with Gasteiger partial charge in [0.1, 0.15) is 16.9 Å². The minimum atomic E-state index is -0.979. The van der Waals surface area contributed by atoms with Gasteiger partial charge in [-0.15, -0.1) is 0 Å². The van der Waals surface area contributed by atoms with Gasteiger partial charge in [0.05, 0.1) is 5.02 Å². The third-order valence-corrected chi connectivity index (χ3v) is 3.98. The van der Waals surface area contributed by atoms with Gasteiger partial charge >= 0.3 is 5.97 Å².